The minimum Gasteiger partial charge on any atom is -0.400 e. The van der Waals surface area contributed by atoms with Crippen molar-refractivity contribution in [2.45, 2.75) is 0 Å². The van der Waals surface area contributed by atoms with Gasteiger partial charge in [0, 0.05) is 0 Å². The van der Waals surface area contributed by atoms with Gasteiger partial charge in [-0.2, -0.15) is 4.67 Å². The van der Waals surface area contributed by atoms with Crippen LogP contribution in [0.2, 0.25) is 0 Å². The fourth-order valence-corrected chi connectivity index (χ4v) is 4.36. The van der Waals surface area contributed by atoms with Gasteiger partial charge < -0.3 is 9.05 Å². The Bertz CT molecular complexity index is 959. The molecule has 1 atom stereocenters. The number of hydrogen-bond acceptors (Lipinski definition) is 4. The fourth-order valence-electron chi connectivity index (χ4n) is 2.62. The molecule has 0 saturated heterocycles. The van der Waals surface area contributed by atoms with Gasteiger partial charge in [0.25, 0.3) is 5.91 Å². The molecule has 3 aromatic carbocycles. The molecular weight excluding hydrogens is 337 g/mol. The molecule has 0 N–H and O–H groups in total. The van der Waals surface area contributed by atoms with E-state index in [0.29, 0.717) is 17.0 Å². The van der Waals surface area contributed by atoms with Crippen LogP contribution in [0, 0.1) is 0 Å². The lowest BCUT2D eigenvalue weighted by atomic mass is 10.2. The standard InChI is InChI=1S/C19H14NO4P/c21-19-17-13-7-8-14-18(17)24-25(22,23-16-11-5-2-6-12-16)20(19)15-9-3-1-4-10-15/h1-14H/t25-/m1/s1. The molecule has 5 nitrogen and oxygen atoms in total. The second kappa shape index (κ2) is 6.11. The molecule has 1 aliphatic heterocycles. The topological polar surface area (TPSA) is 55.8 Å². The Balaban J connectivity index is 1.85. The maximum atomic E-state index is 13.6. The van der Waals surface area contributed by atoms with Gasteiger partial charge in [0.1, 0.15) is 11.5 Å². The van der Waals surface area contributed by atoms with Gasteiger partial charge >= 0.3 is 7.75 Å². The van der Waals surface area contributed by atoms with Crippen molar-refractivity contribution < 1.29 is 18.4 Å². The molecular formula is C19H14NO4P. The average molecular weight is 351 g/mol. The van der Waals surface area contributed by atoms with Crippen molar-refractivity contribution in [3.8, 4) is 11.5 Å². The number of anilines is 1. The van der Waals surface area contributed by atoms with Crippen molar-refractivity contribution in [3.63, 3.8) is 0 Å². The highest BCUT2D eigenvalue weighted by Crippen LogP contribution is 2.57. The third kappa shape index (κ3) is 2.79. The summed E-state index contributed by atoms with van der Waals surface area (Å²) in [4.78, 5) is 13.0. The van der Waals surface area contributed by atoms with Crippen LogP contribution in [-0.4, -0.2) is 5.91 Å². The second-order valence-corrected chi connectivity index (χ2v) is 7.12. The summed E-state index contributed by atoms with van der Waals surface area (Å²) in [6.45, 7) is 0. The van der Waals surface area contributed by atoms with E-state index in [0.717, 1.165) is 4.67 Å². The van der Waals surface area contributed by atoms with Crippen LogP contribution in [0.3, 0.4) is 0 Å². The predicted octanol–water partition coefficient (Wildman–Crippen LogP) is 4.91. The minimum atomic E-state index is -3.97. The summed E-state index contributed by atoms with van der Waals surface area (Å²) < 4.78 is 26.0. The van der Waals surface area contributed by atoms with Crippen LogP contribution < -0.4 is 13.7 Å². The van der Waals surface area contributed by atoms with Gasteiger partial charge in [-0.1, -0.05) is 48.5 Å². The summed E-state index contributed by atoms with van der Waals surface area (Å²) in [7, 11) is -3.97. The van der Waals surface area contributed by atoms with E-state index in [4.69, 9.17) is 9.05 Å². The summed E-state index contributed by atoms with van der Waals surface area (Å²) in [5.41, 5.74) is 0.788. The summed E-state index contributed by atoms with van der Waals surface area (Å²) in [6, 6.07) is 24.1. The highest BCUT2D eigenvalue weighted by Gasteiger charge is 2.47. The molecule has 25 heavy (non-hydrogen) atoms. The normalized spacial score (nSPS) is 19.0. The SMILES string of the molecule is O=C1c2ccccc2O[P@](=O)(Oc2ccccc2)N1c1ccccc1. The predicted molar refractivity (Wildman–Crippen MR) is 95.0 cm³/mol. The Kier molecular flexibility index (Phi) is 3.79. The Morgan fingerprint density at radius 2 is 1.40 bits per heavy atom. The highest BCUT2D eigenvalue weighted by molar-refractivity contribution is 7.58. The largest absolute Gasteiger partial charge is 0.551 e. The number of nitrogens with zero attached hydrogens (tertiary/aromatic N) is 1. The van der Waals surface area contributed by atoms with Crippen LogP contribution >= 0.6 is 7.75 Å². The zero-order valence-corrected chi connectivity index (χ0v) is 14.0. The van der Waals surface area contributed by atoms with E-state index in [-0.39, 0.29) is 5.75 Å². The molecule has 1 aliphatic rings. The van der Waals surface area contributed by atoms with Crippen molar-refractivity contribution in [3.05, 3.63) is 90.5 Å². The van der Waals surface area contributed by atoms with Crippen molar-refractivity contribution in [2.75, 3.05) is 4.67 Å². The third-order valence-corrected chi connectivity index (χ3v) is 5.50. The number of carbonyl (C=O) groups is 1. The molecule has 124 valence electrons. The van der Waals surface area contributed by atoms with Gasteiger partial charge in [0.2, 0.25) is 0 Å². The van der Waals surface area contributed by atoms with Crippen LogP contribution in [0.4, 0.5) is 5.69 Å². The monoisotopic (exact) mass is 351 g/mol. The maximum absolute atomic E-state index is 13.6. The van der Waals surface area contributed by atoms with E-state index in [1.165, 1.54) is 0 Å². The lowest BCUT2D eigenvalue weighted by molar-refractivity contribution is 0.0990. The minimum absolute atomic E-state index is 0.249. The van der Waals surface area contributed by atoms with Crippen LogP contribution in [0.5, 0.6) is 11.5 Å². The van der Waals surface area contributed by atoms with Gasteiger partial charge in [-0.3, -0.25) is 4.79 Å². The number of rotatable bonds is 3. The number of fused-ring (bicyclic) bond motifs is 1. The van der Waals surface area contributed by atoms with E-state index < -0.39 is 13.7 Å². The van der Waals surface area contributed by atoms with Crippen molar-refractivity contribution >= 4 is 19.3 Å². The zero-order chi connectivity index (χ0) is 17.3. The molecule has 6 heteroatoms. The number of amides is 1. The van der Waals surface area contributed by atoms with Gasteiger partial charge in [0.15, 0.2) is 0 Å². The molecule has 0 bridgehead atoms. The smallest absolute Gasteiger partial charge is 0.400 e. The van der Waals surface area contributed by atoms with E-state index in [2.05, 4.69) is 0 Å². The molecule has 0 aromatic heterocycles. The summed E-state index contributed by atoms with van der Waals surface area (Å²) in [5, 5.41) is 0. The first-order valence-electron chi connectivity index (χ1n) is 7.71. The summed E-state index contributed by atoms with van der Waals surface area (Å²) >= 11 is 0. The first-order valence-corrected chi connectivity index (χ1v) is 9.20. The number of hydrogen-bond donors (Lipinski definition) is 0. The Morgan fingerprint density at radius 3 is 2.12 bits per heavy atom. The van der Waals surface area contributed by atoms with Gasteiger partial charge in [-0.15, -0.1) is 0 Å². The Labute approximate surface area is 145 Å². The maximum Gasteiger partial charge on any atom is 0.551 e. The molecule has 0 fully saturated rings. The second-order valence-electron chi connectivity index (χ2n) is 5.41. The van der Waals surface area contributed by atoms with Crippen molar-refractivity contribution in [1.82, 2.24) is 0 Å². The molecule has 0 radical (unpaired) electrons. The molecule has 3 aromatic rings. The Morgan fingerprint density at radius 1 is 0.800 bits per heavy atom. The lowest BCUT2D eigenvalue weighted by Crippen LogP contribution is -2.35. The quantitative estimate of drug-likeness (QED) is 0.629. The van der Waals surface area contributed by atoms with Crippen LogP contribution in [-0.2, 0) is 4.57 Å². The molecule has 0 saturated carbocycles. The van der Waals surface area contributed by atoms with Crippen LogP contribution in [0.25, 0.3) is 0 Å². The molecule has 4 rings (SSSR count). The molecule has 0 aliphatic carbocycles. The van der Waals surface area contributed by atoms with Crippen LogP contribution in [0.15, 0.2) is 84.9 Å². The Hall–Kier alpha value is -3.04. The van der Waals surface area contributed by atoms with E-state index >= 15 is 0 Å². The summed E-state index contributed by atoms with van der Waals surface area (Å²) in [6.07, 6.45) is 0. The summed E-state index contributed by atoms with van der Waals surface area (Å²) in [5.74, 6) is 0.185. The number of para-hydroxylation sites is 3. The molecule has 0 spiro atoms. The molecule has 0 unspecified atom stereocenters. The zero-order valence-electron chi connectivity index (χ0n) is 13.1. The van der Waals surface area contributed by atoms with Crippen molar-refractivity contribution in [2.24, 2.45) is 0 Å². The first-order chi connectivity index (χ1) is 12.2. The number of carbonyl (C=O) groups excluding carboxylic acids is 1. The first kappa shape index (κ1) is 15.5. The average Bonchev–Trinajstić information content (AvgIpc) is 2.63. The fraction of sp³-hybridized carbons (Fsp3) is 0. The molecule has 1 heterocycles. The van der Waals surface area contributed by atoms with E-state index in [9.17, 15) is 9.36 Å². The lowest BCUT2D eigenvalue weighted by Gasteiger charge is -2.34. The molecule has 1 amide bonds. The van der Waals surface area contributed by atoms with Gasteiger partial charge in [-0.05, 0) is 36.4 Å². The van der Waals surface area contributed by atoms with E-state index in [1.807, 2.05) is 12.1 Å². The van der Waals surface area contributed by atoms with Gasteiger partial charge in [-0.25, -0.2) is 4.57 Å². The van der Waals surface area contributed by atoms with Crippen LogP contribution in [0.1, 0.15) is 10.4 Å². The van der Waals surface area contributed by atoms with E-state index in [1.54, 1.807) is 72.8 Å². The number of benzene rings is 3. The third-order valence-electron chi connectivity index (χ3n) is 3.73. The van der Waals surface area contributed by atoms with Gasteiger partial charge in [0.05, 0.1) is 11.3 Å². The highest BCUT2D eigenvalue weighted by atomic mass is 31.2. The van der Waals surface area contributed by atoms with Crippen molar-refractivity contribution in [1.29, 1.82) is 0 Å².